The molecule has 0 aliphatic carbocycles. The molecule has 0 amide bonds. The first-order valence-electron chi connectivity index (χ1n) is 7.13. The smallest absolute Gasteiger partial charge is 0.0604 e. The Hall–Kier alpha value is -1.30. The molecule has 1 atom stereocenters. The first-order chi connectivity index (χ1) is 9.16. The van der Waals surface area contributed by atoms with E-state index in [1.165, 1.54) is 16.7 Å². The van der Waals surface area contributed by atoms with Gasteiger partial charge in [0, 0.05) is 32.1 Å². The maximum atomic E-state index is 3.40. The summed E-state index contributed by atoms with van der Waals surface area (Å²) in [6, 6.07) is 7.19. The molecule has 1 aromatic rings. The minimum absolute atomic E-state index is 0.601. The minimum Gasteiger partial charge on any atom is -0.314 e. The number of hydrogen-bond donors (Lipinski definition) is 1. The van der Waals surface area contributed by atoms with Gasteiger partial charge in [-0.25, -0.2) is 0 Å². The summed E-state index contributed by atoms with van der Waals surface area (Å²) in [4.78, 5) is 2.45. The zero-order valence-corrected chi connectivity index (χ0v) is 12.3. The zero-order valence-electron chi connectivity index (χ0n) is 12.3. The minimum atomic E-state index is 0.601. The van der Waals surface area contributed by atoms with Crippen LogP contribution in [0.2, 0.25) is 0 Å². The number of piperazine rings is 1. The molecule has 0 bridgehead atoms. The molecule has 2 rings (SSSR count). The molecule has 1 unspecified atom stereocenters. The Morgan fingerprint density at radius 1 is 1.32 bits per heavy atom. The van der Waals surface area contributed by atoms with Crippen molar-refractivity contribution >= 4 is 0 Å². The van der Waals surface area contributed by atoms with Crippen molar-refractivity contribution < 1.29 is 0 Å². The SMILES string of the molecule is Cc1ccc(C)c(CC#CCN2CCNCC2C)c1. The van der Waals surface area contributed by atoms with Crippen LogP contribution in [0.3, 0.4) is 0 Å². The highest BCUT2D eigenvalue weighted by atomic mass is 15.2. The van der Waals surface area contributed by atoms with Gasteiger partial charge in [-0.15, -0.1) is 0 Å². The van der Waals surface area contributed by atoms with Gasteiger partial charge in [0.2, 0.25) is 0 Å². The molecule has 1 aromatic carbocycles. The van der Waals surface area contributed by atoms with Gasteiger partial charge in [-0.2, -0.15) is 0 Å². The molecule has 0 aromatic heterocycles. The summed E-state index contributed by atoms with van der Waals surface area (Å²) in [5.41, 5.74) is 4.02. The first kappa shape index (κ1) is 14.1. The quantitative estimate of drug-likeness (QED) is 0.816. The lowest BCUT2D eigenvalue weighted by molar-refractivity contribution is 0.196. The van der Waals surface area contributed by atoms with Crippen LogP contribution in [0, 0.1) is 25.7 Å². The van der Waals surface area contributed by atoms with E-state index in [1.54, 1.807) is 0 Å². The lowest BCUT2D eigenvalue weighted by Gasteiger charge is -2.32. The maximum absolute atomic E-state index is 3.40. The number of rotatable bonds is 2. The second kappa shape index (κ2) is 6.75. The standard InChI is InChI=1S/C17H24N2/c1-14-7-8-15(2)17(12-14)6-4-5-10-19-11-9-18-13-16(19)3/h7-8,12,16,18H,6,9-11,13H2,1-3H3. The van der Waals surface area contributed by atoms with Gasteiger partial charge in [0.25, 0.3) is 0 Å². The summed E-state index contributed by atoms with van der Waals surface area (Å²) in [6.45, 7) is 10.7. The highest BCUT2D eigenvalue weighted by Crippen LogP contribution is 2.10. The van der Waals surface area contributed by atoms with Gasteiger partial charge >= 0.3 is 0 Å². The Morgan fingerprint density at radius 2 is 2.16 bits per heavy atom. The van der Waals surface area contributed by atoms with Crippen molar-refractivity contribution in [3.63, 3.8) is 0 Å². The van der Waals surface area contributed by atoms with Gasteiger partial charge in [-0.1, -0.05) is 35.6 Å². The number of hydrogen-bond acceptors (Lipinski definition) is 2. The van der Waals surface area contributed by atoms with Crippen LogP contribution in [0.15, 0.2) is 18.2 Å². The summed E-state index contributed by atoms with van der Waals surface area (Å²) in [6.07, 6.45) is 0.869. The maximum Gasteiger partial charge on any atom is 0.0604 e. The van der Waals surface area contributed by atoms with E-state index >= 15 is 0 Å². The lowest BCUT2D eigenvalue weighted by Crippen LogP contribution is -2.49. The largest absolute Gasteiger partial charge is 0.314 e. The summed E-state index contributed by atoms with van der Waals surface area (Å²) < 4.78 is 0. The van der Waals surface area contributed by atoms with E-state index in [0.29, 0.717) is 6.04 Å². The van der Waals surface area contributed by atoms with Crippen molar-refractivity contribution in [2.24, 2.45) is 0 Å². The van der Waals surface area contributed by atoms with Crippen molar-refractivity contribution in [2.45, 2.75) is 33.2 Å². The molecule has 1 heterocycles. The second-order valence-electron chi connectivity index (χ2n) is 5.48. The number of aryl methyl sites for hydroxylation is 2. The Balaban J connectivity index is 1.88. The highest BCUT2D eigenvalue weighted by Gasteiger charge is 2.15. The van der Waals surface area contributed by atoms with E-state index in [2.05, 4.69) is 61.0 Å². The molecule has 0 saturated carbocycles. The molecule has 102 valence electrons. The van der Waals surface area contributed by atoms with E-state index in [0.717, 1.165) is 32.6 Å². The van der Waals surface area contributed by atoms with Gasteiger partial charge < -0.3 is 5.32 Å². The Labute approximate surface area is 117 Å². The fraction of sp³-hybridized carbons (Fsp3) is 0.529. The molecule has 0 radical (unpaired) electrons. The topological polar surface area (TPSA) is 15.3 Å². The van der Waals surface area contributed by atoms with Crippen LogP contribution in [-0.4, -0.2) is 37.1 Å². The van der Waals surface area contributed by atoms with Gasteiger partial charge in [0.15, 0.2) is 0 Å². The molecule has 0 spiro atoms. The van der Waals surface area contributed by atoms with Crippen molar-refractivity contribution in [3.05, 3.63) is 34.9 Å². The van der Waals surface area contributed by atoms with Crippen LogP contribution in [0.4, 0.5) is 0 Å². The van der Waals surface area contributed by atoms with E-state index in [-0.39, 0.29) is 0 Å². The lowest BCUT2D eigenvalue weighted by atomic mass is 10.0. The van der Waals surface area contributed by atoms with Crippen LogP contribution in [0.5, 0.6) is 0 Å². The monoisotopic (exact) mass is 256 g/mol. The summed E-state index contributed by atoms with van der Waals surface area (Å²) >= 11 is 0. The van der Waals surface area contributed by atoms with Crippen LogP contribution >= 0.6 is 0 Å². The highest BCUT2D eigenvalue weighted by molar-refractivity contribution is 5.33. The van der Waals surface area contributed by atoms with Crippen LogP contribution in [0.25, 0.3) is 0 Å². The van der Waals surface area contributed by atoms with Gasteiger partial charge in [-0.05, 0) is 31.9 Å². The number of nitrogens with one attached hydrogen (secondary N) is 1. The van der Waals surface area contributed by atoms with Crippen molar-refractivity contribution in [1.29, 1.82) is 0 Å². The normalized spacial score (nSPS) is 19.8. The third kappa shape index (κ3) is 4.09. The van der Waals surface area contributed by atoms with Crippen molar-refractivity contribution in [2.75, 3.05) is 26.2 Å². The van der Waals surface area contributed by atoms with Crippen molar-refractivity contribution in [3.8, 4) is 11.8 Å². The Morgan fingerprint density at radius 3 is 2.95 bits per heavy atom. The predicted octanol–water partition coefficient (Wildman–Crippen LogP) is 2.14. The molecule has 1 fully saturated rings. The van der Waals surface area contributed by atoms with Crippen LogP contribution in [-0.2, 0) is 6.42 Å². The molecular formula is C17H24N2. The number of nitrogens with zero attached hydrogens (tertiary/aromatic N) is 1. The molecule has 1 aliphatic rings. The van der Waals surface area contributed by atoms with Crippen LogP contribution in [0.1, 0.15) is 23.6 Å². The van der Waals surface area contributed by atoms with E-state index < -0.39 is 0 Å². The molecule has 19 heavy (non-hydrogen) atoms. The molecule has 1 saturated heterocycles. The van der Waals surface area contributed by atoms with Gasteiger partial charge in [0.05, 0.1) is 6.54 Å². The summed E-state index contributed by atoms with van der Waals surface area (Å²) in [7, 11) is 0. The van der Waals surface area contributed by atoms with Gasteiger partial charge in [-0.3, -0.25) is 4.90 Å². The average Bonchev–Trinajstić information content (AvgIpc) is 2.40. The Bertz CT molecular complexity index is 482. The fourth-order valence-corrected chi connectivity index (χ4v) is 2.42. The van der Waals surface area contributed by atoms with E-state index in [4.69, 9.17) is 0 Å². The molecule has 2 heteroatoms. The third-order valence-electron chi connectivity index (χ3n) is 3.83. The Kier molecular flexibility index (Phi) is 5.01. The average molecular weight is 256 g/mol. The first-order valence-corrected chi connectivity index (χ1v) is 7.13. The van der Waals surface area contributed by atoms with E-state index in [9.17, 15) is 0 Å². The summed E-state index contributed by atoms with van der Waals surface area (Å²) in [5.74, 6) is 6.65. The fourth-order valence-electron chi connectivity index (χ4n) is 2.42. The predicted molar refractivity (Wildman–Crippen MR) is 81.3 cm³/mol. The van der Waals surface area contributed by atoms with Gasteiger partial charge in [0.1, 0.15) is 0 Å². The molecule has 1 aliphatic heterocycles. The molecule has 1 N–H and O–H groups in total. The molecule has 2 nitrogen and oxygen atoms in total. The summed E-state index contributed by atoms with van der Waals surface area (Å²) in [5, 5.41) is 3.40. The van der Waals surface area contributed by atoms with Crippen LogP contribution < -0.4 is 5.32 Å². The third-order valence-corrected chi connectivity index (χ3v) is 3.83. The molecular weight excluding hydrogens is 232 g/mol. The van der Waals surface area contributed by atoms with E-state index in [1.807, 2.05) is 0 Å². The zero-order chi connectivity index (χ0) is 13.7. The number of benzene rings is 1. The van der Waals surface area contributed by atoms with Crippen molar-refractivity contribution in [1.82, 2.24) is 10.2 Å². The second-order valence-corrected chi connectivity index (χ2v) is 5.48.